The molecule has 0 radical (unpaired) electrons. The number of hydrogen-bond acceptors (Lipinski definition) is 7. The van der Waals surface area contributed by atoms with E-state index in [0.717, 1.165) is 4.90 Å². The number of nitrogens with two attached hydrogens (primary N) is 2. The highest BCUT2D eigenvalue weighted by Crippen LogP contribution is 2.06. The zero-order chi connectivity index (χ0) is 25.0. The highest BCUT2D eigenvalue weighted by Gasteiger charge is 2.28. The van der Waals surface area contributed by atoms with Crippen molar-refractivity contribution < 1.29 is 33.5 Å². The van der Waals surface area contributed by atoms with Crippen LogP contribution in [0, 0.1) is 5.92 Å². The first kappa shape index (κ1) is 27.6. The highest BCUT2D eigenvalue weighted by atomic mass is 16.5. The molecule has 1 heterocycles. The molecular formula is C20H32N6O7. The van der Waals surface area contributed by atoms with E-state index in [2.05, 4.69) is 16.0 Å². The molecule has 0 unspecified atom stereocenters. The van der Waals surface area contributed by atoms with Crippen LogP contribution in [0.4, 0.5) is 4.79 Å². The van der Waals surface area contributed by atoms with Crippen LogP contribution in [0.15, 0.2) is 12.2 Å². The molecule has 0 bridgehead atoms. The summed E-state index contributed by atoms with van der Waals surface area (Å²) in [6, 6.07) is -2.58. The van der Waals surface area contributed by atoms with Crippen LogP contribution in [0.25, 0.3) is 0 Å². The van der Waals surface area contributed by atoms with E-state index in [0.29, 0.717) is 6.42 Å². The molecule has 7 amide bonds. The zero-order valence-electron chi connectivity index (χ0n) is 18.8. The normalized spacial score (nSPS) is 14.8. The largest absolute Gasteiger partial charge is 0.379 e. The van der Waals surface area contributed by atoms with Gasteiger partial charge >= 0.3 is 6.03 Å². The maximum Gasteiger partial charge on any atom is 0.312 e. The van der Waals surface area contributed by atoms with E-state index in [4.69, 9.17) is 16.2 Å². The van der Waals surface area contributed by atoms with E-state index in [-0.39, 0.29) is 45.1 Å². The van der Waals surface area contributed by atoms with Crippen LogP contribution in [-0.2, 0) is 28.7 Å². The van der Waals surface area contributed by atoms with Gasteiger partial charge in [0.15, 0.2) is 0 Å². The molecule has 7 N–H and O–H groups in total. The van der Waals surface area contributed by atoms with Crippen molar-refractivity contribution in [2.45, 2.75) is 45.2 Å². The van der Waals surface area contributed by atoms with Gasteiger partial charge in [-0.1, -0.05) is 13.8 Å². The van der Waals surface area contributed by atoms with Crippen LogP contribution < -0.4 is 27.4 Å². The van der Waals surface area contributed by atoms with Crippen molar-refractivity contribution >= 4 is 35.6 Å². The van der Waals surface area contributed by atoms with Crippen molar-refractivity contribution in [3.05, 3.63) is 12.2 Å². The molecule has 0 aliphatic carbocycles. The SMILES string of the molecule is CC(C)[C@H](NC(=O)CCOCCN1C(=O)C=CC1=O)C(=O)N[C@@H](CCCNC(N)=O)C(N)=O. The topological polar surface area (TPSA) is 203 Å². The van der Waals surface area contributed by atoms with Crippen LogP contribution in [0.3, 0.4) is 0 Å². The minimum atomic E-state index is -0.973. The third kappa shape index (κ3) is 10.1. The first-order chi connectivity index (χ1) is 15.5. The van der Waals surface area contributed by atoms with Gasteiger partial charge < -0.3 is 32.2 Å². The number of nitrogens with one attached hydrogen (secondary N) is 3. The molecule has 2 atom stereocenters. The first-order valence-corrected chi connectivity index (χ1v) is 10.6. The molecular weight excluding hydrogens is 436 g/mol. The van der Waals surface area contributed by atoms with E-state index in [1.165, 1.54) is 12.2 Å². The predicted octanol–water partition coefficient (Wildman–Crippen LogP) is -2.12. The average Bonchev–Trinajstić information content (AvgIpc) is 3.05. The van der Waals surface area contributed by atoms with Gasteiger partial charge in [-0.2, -0.15) is 0 Å². The number of ether oxygens (including phenoxy) is 1. The Labute approximate surface area is 191 Å². The van der Waals surface area contributed by atoms with Gasteiger partial charge in [-0.3, -0.25) is 28.9 Å². The van der Waals surface area contributed by atoms with Crippen molar-refractivity contribution in [2.24, 2.45) is 17.4 Å². The van der Waals surface area contributed by atoms with Crippen LogP contribution in [-0.4, -0.2) is 78.9 Å². The van der Waals surface area contributed by atoms with Gasteiger partial charge in [-0.25, -0.2) is 4.79 Å². The molecule has 33 heavy (non-hydrogen) atoms. The summed E-state index contributed by atoms with van der Waals surface area (Å²) in [6.07, 6.45) is 2.85. The number of nitrogens with zero attached hydrogens (tertiary/aromatic N) is 1. The van der Waals surface area contributed by atoms with Crippen molar-refractivity contribution in [3.8, 4) is 0 Å². The summed E-state index contributed by atoms with van der Waals surface area (Å²) in [5.41, 5.74) is 10.3. The fourth-order valence-corrected chi connectivity index (χ4v) is 2.92. The molecule has 1 aliphatic heterocycles. The molecule has 0 fully saturated rings. The molecule has 0 aromatic heterocycles. The number of carbonyl (C=O) groups excluding carboxylic acids is 6. The number of primary amides is 2. The minimum absolute atomic E-state index is 0.0265. The van der Waals surface area contributed by atoms with Gasteiger partial charge in [-0.05, 0) is 18.8 Å². The smallest absolute Gasteiger partial charge is 0.312 e. The summed E-state index contributed by atoms with van der Waals surface area (Å²) in [5, 5.41) is 7.51. The Bertz CT molecular complexity index is 765. The third-order valence-corrected chi connectivity index (χ3v) is 4.73. The minimum Gasteiger partial charge on any atom is -0.379 e. The van der Waals surface area contributed by atoms with Crippen molar-refractivity contribution in [1.82, 2.24) is 20.9 Å². The zero-order valence-corrected chi connectivity index (χ0v) is 18.8. The summed E-state index contributed by atoms with van der Waals surface area (Å²) >= 11 is 0. The van der Waals surface area contributed by atoms with E-state index in [1.807, 2.05) is 0 Å². The molecule has 13 heteroatoms. The lowest BCUT2D eigenvalue weighted by Crippen LogP contribution is -2.55. The van der Waals surface area contributed by atoms with Crippen molar-refractivity contribution in [2.75, 3.05) is 26.3 Å². The second-order valence-electron chi connectivity index (χ2n) is 7.71. The number of carbonyl (C=O) groups is 6. The van der Waals surface area contributed by atoms with E-state index < -0.39 is 47.7 Å². The van der Waals surface area contributed by atoms with Gasteiger partial charge in [0.1, 0.15) is 12.1 Å². The number of rotatable bonds is 15. The average molecular weight is 469 g/mol. The Morgan fingerprint density at radius 1 is 1.03 bits per heavy atom. The number of imide groups is 1. The van der Waals surface area contributed by atoms with Crippen LogP contribution in [0.2, 0.25) is 0 Å². The van der Waals surface area contributed by atoms with Gasteiger partial charge in [-0.15, -0.1) is 0 Å². The molecule has 0 aromatic rings. The number of hydrogen-bond donors (Lipinski definition) is 5. The number of urea groups is 1. The van der Waals surface area contributed by atoms with Gasteiger partial charge in [0.05, 0.1) is 19.8 Å². The van der Waals surface area contributed by atoms with Crippen molar-refractivity contribution in [1.29, 1.82) is 0 Å². The second kappa shape index (κ2) is 13.8. The Morgan fingerprint density at radius 3 is 2.21 bits per heavy atom. The summed E-state index contributed by atoms with van der Waals surface area (Å²) in [4.78, 5) is 71.1. The molecule has 0 spiro atoms. The quantitative estimate of drug-likeness (QED) is 0.133. The standard InChI is InChI=1S/C20H32N6O7/c1-12(2)17(19(31)24-13(18(21)30)4-3-8-23-20(22)32)25-14(27)7-10-33-11-9-26-15(28)5-6-16(26)29/h5-6,12-13,17H,3-4,7-11H2,1-2H3,(H2,21,30)(H,24,31)(H,25,27)(H3,22,23,32)/t13-,17-/m0/s1. The summed E-state index contributed by atoms with van der Waals surface area (Å²) in [5.74, 6) is -2.85. The Morgan fingerprint density at radius 2 is 1.67 bits per heavy atom. The summed E-state index contributed by atoms with van der Waals surface area (Å²) in [6.45, 7) is 3.86. The Hall–Kier alpha value is -3.48. The molecule has 0 aromatic carbocycles. The maximum absolute atomic E-state index is 12.6. The van der Waals surface area contributed by atoms with E-state index in [1.54, 1.807) is 13.8 Å². The lowest BCUT2D eigenvalue weighted by molar-refractivity contribution is -0.138. The van der Waals surface area contributed by atoms with Crippen LogP contribution in [0.5, 0.6) is 0 Å². The van der Waals surface area contributed by atoms with Gasteiger partial charge in [0, 0.05) is 25.1 Å². The molecule has 184 valence electrons. The molecule has 1 rings (SSSR count). The Kier molecular flexibility index (Phi) is 11.5. The summed E-state index contributed by atoms with van der Waals surface area (Å²) < 4.78 is 5.30. The fraction of sp³-hybridized carbons (Fsp3) is 0.600. The second-order valence-corrected chi connectivity index (χ2v) is 7.71. The predicted molar refractivity (Wildman–Crippen MR) is 116 cm³/mol. The lowest BCUT2D eigenvalue weighted by Gasteiger charge is -2.24. The molecule has 1 aliphatic rings. The van der Waals surface area contributed by atoms with E-state index >= 15 is 0 Å². The van der Waals surface area contributed by atoms with E-state index in [9.17, 15) is 28.8 Å². The summed E-state index contributed by atoms with van der Waals surface area (Å²) in [7, 11) is 0. The maximum atomic E-state index is 12.6. The fourth-order valence-electron chi connectivity index (χ4n) is 2.92. The van der Waals surface area contributed by atoms with Crippen LogP contribution in [0.1, 0.15) is 33.1 Å². The van der Waals surface area contributed by atoms with Crippen molar-refractivity contribution in [3.63, 3.8) is 0 Å². The Balaban J connectivity index is 2.43. The third-order valence-electron chi connectivity index (χ3n) is 4.73. The van der Waals surface area contributed by atoms with Gasteiger partial charge in [0.25, 0.3) is 11.8 Å². The molecule has 0 saturated heterocycles. The molecule has 13 nitrogen and oxygen atoms in total. The monoisotopic (exact) mass is 468 g/mol. The number of amides is 7. The molecule has 0 saturated carbocycles. The highest BCUT2D eigenvalue weighted by molar-refractivity contribution is 6.12. The first-order valence-electron chi connectivity index (χ1n) is 10.6. The van der Waals surface area contributed by atoms with Gasteiger partial charge in [0.2, 0.25) is 17.7 Å². The van der Waals surface area contributed by atoms with Crippen LogP contribution >= 0.6 is 0 Å². The lowest BCUT2D eigenvalue weighted by atomic mass is 10.0.